The van der Waals surface area contributed by atoms with Gasteiger partial charge in [0.2, 0.25) is 0 Å². The number of halogens is 1. The third-order valence-electron chi connectivity index (χ3n) is 2.85. The van der Waals surface area contributed by atoms with Crippen LogP contribution in [0.2, 0.25) is 0 Å². The van der Waals surface area contributed by atoms with Crippen LogP contribution in [0.4, 0.5) is 5.69 Å². The Kier molecular flexibility index (Phi) is 5.62. The van der Waals surface area contributed by atoms with E-state index in [1.165, 1.54) is 0 Å². The normalized spacial score (nSPS) is 12.2. The topological polar surface area (TPSA) is 62.3 Å². The molecule has 1 rings (SSSR count). The zero-order valence-corrected chi connectivity index (χ0v) is 12.6. The quantitative estimate of drug-likeness (QED) is 0.627. The molecule has 1 unspecified atom stereocenters. The minimum atomic E-state index is 0.0789. The van der Waals surface area contributed by atoms with Crippen molar-refractivity contribution in [2.45, 2.75) is 19.9 Å². The van der Waals surface area contributed by atoms with E-state index >= 15 is 0 Å². The van der Waals surface area contributed by atoms with Gasteiger partial charge in [-0.15, -0.1) is 0 Å². The number of nitrogen functional groups attached to an aromatic ring is 1. The van der Waals surface area contributed by atoms with Gasteiger partial charge in [0.15, 0.2) is 0 Å². The summed E-state index contributed by atoms with van der Waals surface area (Å²) in [6, 6.07) is 6.01. The molecule has 0 radical (unpaired) electrons. The first kappa shape index (κ1) is 15.0. The van der Waals surface area contributed by atoms with Gasteiger partial charge in [-0.25, -0.2) is 0 Å². The van der Waals surface area contributed by atoms with E-state index < -0.39 is 0 Å². The second kappa shape index (κ2) is 6.75. The van der Waals surface area contributed by atoms with Gasteiger partial charge < -0.3 is 15.4 Å². The van der Waals surface area contributed by atoms with Crippen LogP contribution in [0.3, 0.4) is 0 Å². The number of benzene rings is 1. The van der Waals surface area contributed by atoms with E-state index in [0.29, 0.717) is 12.6 Å². The maximum Gasteiger partial charge on any atom is 0.122 e. The third kappa shape index (κ3) is 3.46. The van der Waals surface area contributed by atoms with E-state index in [-0.39, 0.29) is 5.84 Å². The van der Waals surface area contributed by atoms with Gasteiger partial charge in [0, 0.05) is 29.7 Å². The molecule has 0 saturated carbocycles. The predicted molar refractivity (Wildman–Crippen MR) is 79.5 cm³/mol. The van der Waals surface area contributed by atoms with Crippen molar-refractivity contribution in [2.24, 2.45) is 5.73 Å². The summed E-state index contributed by atoms with van der Waals surface area (Å²) in [5.41, 5.74) is 7.29. The van der Waals surface area contributed by atoms with Gasteiger partial charge in [-0.05, 0) is 48.0 Å². The van der Waals surface area contributed by atoms with E-state index in [4.69, 9.17) is 15.9 Å². The van der Waals surface area contributed by atoms with Gasteiger partial charge in [0.1, 0.15) is 5.84 Å². The number of nitrogens with one attached hydrogen (secondary N) is 1. The molecule has 0 saturated heterocycles. The molecular weight excluding hydrogens is 294 g/mol. The van der Waals surface area contributed by atoms with Gasteiger partial charge in [-0.1, -0.05) is 0 Å². The van der Waals surface area contributed by atoms with E-state index in [0.717, 1.165) is 22.3 Å². The Balaban J connectivity index is 3.03. The number of likely N-dealkylation sites (N-methyl/N-ethyl adjacent to an activating group) is 1. The fourth-order valence-electron chi connectivity index (χ4n) is 1.96. The average Bonchev–Trinajstić information content (AvgIpc) is 2.32. The lowest BCUT2D eigenvalue weighted by molar-refractivity contribution is 0.182. The highest BCUT2D eigenvalue weighted by atomic mass is 79.9. The SMILES string of the molecule is CCN(c1ccc(C(=N)N)cc1Br)C(C)COC. The Morgan fingerprint density at radius 1 is 1.56 bits per heavy atom. The van der Waals surface area contributed by atoms with Crippen LogP contribution in [0.1, 0.15) is 19.4 Å². The third-order valence-corrected chi connectivity index (χ3v) is 3.48. The van der Waals surface area contributed by atoms with Crippen molar-refractivity contribution < 1.29 is 4.74 Å². The number of amidine groups is 1. The molecule has 0 fully saturated rings. The molecule has 0 bridgehead atoms. The summed E-state index contributed by atoms with van der Waals surface area (Å²) < 4.78 is 6.14. The molecule has 0 heterocycles. The van der Waals surface area contributed by atoms with Crippen molar-refractivity contribution in [1.29, 1.82) is 5.41 Å². The second-order valence-electron chi connectivity index (χ2n) is 4.17. The Morgan fingerprint density at radius 3 is 2.67 bits per heavy atom. The number of ether oxygens (including phenoxy) is 1. The van der Waals surface area contributed by atoms with Gasteiger partial charge >= 0.3 is 0 Å². The minimum absolute atomic E-state index is 0.0789. The number of hydrogen-bond acceptors (Lipinski definition) is 3. The van der Waals surface area contributed by atoms with Crippen LogP contribution in [-0.4, -0.2) is 32.1 Å². The van der Waals surface area contributed by atoms with Crippen molar-refractivity contribution >= 4 is 27.5 Å². The van der Waals surface area contributed by atoms with E-state index in [9.17, 15) is 0 Å². The van der Waals surface area contributed by atoms with Gasteiger partial charge in [-0.2, -0.15) is 0 Å². The number of rotatable bonds is 6. The van der Waals surface area contributed by atoms with Crippen molar-refractivity contribution in [3.63, 3.8) is 0 Å². The second-order valence-corrected chi connectivity index (χ2v) is 5.02. The molecule has 0 aliphatic rings. The lowest BCUT2D eigenvalue weighted by Crippen LogP contribution is -2.36. The smallest absolute Gasteiger partial charge is 0.122 e. The summed E-state index contributed by atoms with van der Waals surface area (Å²) in [5, 5.41) is 7.43. The Labute approximate surface area is 117 Å². The predicted octanol–water partition coefficient (Wildman–Crippen LogP) is 2.59. The Hall–Kier alpha value is -1.07. The van der Waals surface area contributed by atoms with E-state index in [1.54, 1.807) is 7.11 Å². The number of nitrogens with two attached hydrogens (primary N) is 1. The van der Waals surface area contributed by atoms with E-state index in [1.807, 2.05) is 18.2 Å². The highest BCUT2D eigenvalue weighted by molar-refractivity contribution is 9.10. The average molecular weight is 314 g/mol. The van der Waals surface area contributed by atoms with Crippen molar-refractivity contribution in [3.8, 4) is 0 Å². The molecule has 3 N–H and O–H groups in total. The van der Waals surface area contributed by atoms with E-state index in [2.05, 4.69) is 34.7 Å². The summed E-state index contributed by atoms with van der Waals surface area (Å²) in [6.07, 6.45) is 0. The largest absolute Gasteiger partial charge is 0.384 e. The zero-order chi connectivity index (χ0) is 13.7. The fraction of sp³-hybridized carbons (Fsp3) is 0.462. The van der Waals surface area contributed by atoms with Crippen LogP contribution in [0.5, 0.6) is 0 Å². The molecule has 0 spiro atoms. The van der Waals surface area contributed by atoms with Crippen LogP contribution >= 0.6 is 15.9 Å². The number of anilines is 1. The minimum Gasteiger partial charge on any atom is -0.384 e. The highest BCUT2D eigenvalue weighted by Crippen LogP contribution is 2.28. The molecule has 0 aliphatic carbocycles. The van der Waals surface area contributed by atoms with Crippen LogP contribution in [0.15, 0.2) is 22.7 Å². The van der Waals surface area contributed by atoms with Crippen molar-refractivity contribution in [3.05, 3.63) is 28.2 Å². The molecule has 0 aliphatic heterocycles. The molecule has 5 heteroatoms. The molecular formula is C13H20BrN3O. The molecule has 18 heavy (non-hydrogen) atoms. The number of hydrogen-bond donors (Lipinski definition) is 2. The molecule has 1 atom stereocenters. The summed E-state index contributed by atoms with van der Waals surface area (Å²) in [7, 11) is 1.71. The molecule has 0 aromatic heterocycles. The lowest BCUT2D eigenvalue weighted by Gasteiger charge is -2.30. The summed E-state index contributed by atoms with van der Waals surface area (Å²) in [6.45, 7) is 5.80. The highest BCUT2D eigenvalue weighted by Gasteiger charge is 2.15. The first-order valence-corrected chi connectivity index (χ1v) is 6.70. The number of methoxy groups -OCH3 is 1. The first-order valence-electron chi connectivity index (χ1n) is 5.90. The Morgan fingerprint density at radius 2 is 2.22 bits per heavy atom. The molecule has 0 amide bonds. The molecule has 100 valence electrons. The van der Waals surface area contributed by atoms with Crippen molar-refractivity contribution in [2.75, 3.05) is 25.2 Å². The van der Waals surface area contributed by atoms with Crippen LogP contribution in [0, 0.1) is 5.41 Å². The van der Waals surface area contributed by atoms with Gasteiger partial charge in [0.25, 0.3) is 0 Å². The van der Waals surface area contributed by atoms with Crippen molar-refractivity contribution in [1.82, 2.24) is 0 Å². The number of nitrogens with zero attached hydrogens (tertiary/aromatic N) is 1. The van der Waals surface area contributed by atoms with Crippen LogP contribution < -0.4 is 10.6 Å². The van der Waals surface area contributed by atoms with Gasteiger partial charge in [-0.3, -0.25) is 5.41 Å². The van der Waals surface area contributed by atoms with Gasteiger partial charge in [0.05, 0.1) is 12.3 Å². The maximum atomic E-state index is 7.43. The monoisotopic (exact) mass is 313 g/mol. The Bertz CT molecular complexity index is 423. The summed E-state index contributed by atoms with van der Waals surface area (Å²) >= 11 is 3.54. The summed E-state index contributed by atoms with van der Waals surface area (Å²) in [4.78, 5) is 2.25. The molecule has 4 nitrogen and oxygen atoms in total. The molecule has 1 aromatic rings. The lowest BCUT2D eigenvalue weighted by atomic mass is 10.1. The summed E-state index contributed by atoms with van der Waals surface area (Å²) in [5.74, 6) is 0.0789. The standard InChI is InChI=1S/C13H20BrN3O/c1-4-17(9(2)8-18-3)12-6-5-10(13(15)16)7-11(12)14/h5-7,9H,4,8H2,1-3H3,(H3,15,16). The maximum absolute atomic E-state index is 7.43. The zero-order valence-electron chi connectivity index (χ0n) is 11.0. The first-order chi connectivity index (χ1) is 8.51. The van der Waals surface area contributed by atoms with Crippen LogP contribution in [-0.2, 0) is 4.74 Å². The molecule has 1 aromatic carbocycles. The fourth-order valence-corrected chi connectivity index (χ4v) is 2.56. The van der Waals surface area contributed by atoms with Crippen LogP contribution in [0.25, 0.3) is 0 Å².